The molecule has 0 aromatic heterocycles. The summed E-state index contributed by atoms with van der Waals surface area (Å²) in [4.78, 5) is 37.3. The largest absolute Gasteiger partial charge is 0.480 e. The Kier molecular flexibility index (Phi) is 5.61. The fourth-order valence-electron chi connectivity index (χ4n) is 6.02. The quantitative estimate of drug-likeness (QED) is 0.576. The Hall–Kier alpha value is -3.35. The minimum atomic E-state index is -1.04. The van der Waals surface area contributed by atoms with Gasteiger partial charge in [0.1, 0.15) is 12.6 Å². The van der Waals surface area contributed by atoms with E-state index in [9.17, 15) is 19.5 Å². The van der Waals surface area contributed by atoms with Crippen molar-refractivity contribution in [3.63, 3.8) is 0 Å². The smallest absolute Gasteiger partial charge is 0.407 e. The SMILES string of the molecule is CC(C)(C)[C@H](NC(=O)[C@]12C[C@H](NC(=O)OCC3c4ccccc4-c4ccccc43)C[C@H]1C2)C(=O)O. The number of carboxylic acids is 1. The summed E-state index contributed by atoms with van der Waals surface area (Å²) in [6.07, 6.45) is 1.46. The Bertz CT molecular complexity index is 1140. The lowest BCUT2D eigenvalue weighted by Gasteiger charge is -2.29. The average Bonchev–Trinajstić information content (AvgIpc) is 3.23. The minimum absolute atomic E-state index is 0.00685. The molecule has 4 atom stereocenters. The van der Waals surface area contributed by atoms with Crippen molar-refractivity contribution in [2.24, 2.45) is 16.7 Å². The third-order valence-electron chi connectivity index (χ3n) is 7.92. The lowest BCUT2D eigenvalue weighted by atomic mass is 9.86. The van der Waals surface area contributed by atoms with Crippen molar-refractivity contribution in [1.82, 2.24) is 10.6 Å². The van der Waals surface area contributed by atoms with Crippen LogP contribution in [-0.4, -0.2) is 41.8 Å². The van der Waals surface area contributed by atoms with Gasteiger partial charge in [-0.1, -0.05) is 69.3 Å². The van der Waals surface area contributed by atoms with E-state index in [1.165, 1.54) is 11.1 Å². The molecule has 7 nitrogen and oxygen atoms in total. The number of hydrogen-bond acceptors (Lipinski definition) is 4. The van der Waals surface area contributed by atoms with Crippen molar-refractivity contribution >= 4 is 18.0 Å². The molecule has 3 aliphatic carbocycles. The Labute approximate surface area is 205 Å². The summed E-state index contributed by atoms with van der Waals surface area (Å²) in [6, 6.07) is 15.3. The van der Waals surface area contributed by atoms with Gasteiger partial charge in [-0.15, -0.1) is 0 Å². The first-order valence-electron chi connectivity index (χ1n) is 12.3. The van der Waals surface area contributed by atoms with Gasteiger partial charge >= 0.3 is 12.1 Å². The van der Waals surface area contributed by atoms with Gasteiger partial charge < -0.3 is 20.5 Å². The van der Waals surface area contributed by atoms with Gasteiger partial charge in [-0.2, -0.15) is 0 Å². The Morgan fingerprint density at radius 1 is 1.03 bits per heavy atom. The number of fused-ring (bicyclic) bond motifs is 4. The highest BCUT2D eigenvalue weighted by Gasteiger charge is 2.65. The third kappa shape index (κ3) is 4.17. The van der Waals surface area contributed by atoms with E-state index >= 15 is 0 Å². The van der Waals surface area contributed by atoms with E-state index in [0.29, 0.717) is 12.8 Å². The van der Waals surface area contributed by atoms with Crippen LogP contribution in [0.5, 0.6) is 0 Å². The zero-order chi connectivity index (χ0) is 25.0. The first-order chi connectivity index (χ1) is 16.6. The van der Waals surface area contributed by atoms with Gasteiger partial charge in [-0.05, 0) is 52.8 Å². The normalized spacial score (nSPS) is 25.1. The van der Waals surface area contributed by atoms with Crippen LogP contribution in [-0.2, 0) is 14.3 Å². The van der Waals surface area contributed by atoms with E-state index in [2.05, 4.69) is 34.9 Å². The number of carbonyl (C=O) groups is 3. The number of ether oxygens (including phenoxy) is 1. The molecular formula is C28H32N2O5. The van der Waals surface area contributed by atoms with E-state index < -0.39 is 28.9 Å². The second-order valence-electron chi connectivity index (χ2n) is 11.3. The van der Waals surface area contributed by atoms with Gasteiger partial charge in [0.15, 0.2) is 0 Å². The first kappa shape index (κ1) is 23.4. The maximum absolute atomic E-state index is 13.0. The van der Waals surface area contributed by atoms with Crippen LogP contribution in [0.25, 0.3) is 11.1 Å². The first-order valence-corrected chi connectivity index (χ1v) is 12.3. The molecule has 2 saturated carbocycles. The van der Waals surface area contributed by atoms with Crippen LogP contribution < -0.4 is 10.6 Å². The number of benzene rings is 2. The van der Waals surface area contributed by atoms with Crippen molar-refractivity contribution in [2.45, 2.75) is 58.0 Å². The molecule has 35 heavy (non-hydrogen) atoms. The van der Waals surface area contributed by atoms with Gasteiger partial charge in [0.25, 0.3) is 0 Å². The number of carboxylic acid groups (broad SMARTS) is 1. The minimum Gasteiger partial charge on any atom is -0.480 e. The highest BCUT2D eigenvalue weighted by molar-refractivity contribution is 5.90. The molecule has 0 unspecified atom stereocenters. The molecule has 3 aliphatic rings. The molecule has 2 aromatic carbocycles. The highest BCUT2D eigenvalue weighted by Crippen LogP contribution is 2.63. The summed E-state index contributed by atoms with van der Waals surface area (Å²) in [5.41, 5.74) is 3.49. The van der Waals surface area contributed by atoms with Crippen LogP contribution in [0.2, 0.25) is 0 Å². The van der Waals surface area contributed by atoms with Gasteiger partial charge in [-0.3, -0.25) is 4.79 Å². The van der Waals surface area contributed by atoms with E-state index in [1.807, 2.05) is 24.3 Å². The topological polar surface area (TPSA) is 105 Å². The molecule has 0 spiro atoms. The van der Waals surface area contributed by atoms with Crippen LogP contribution in [0.1, 0.15) is 57.1 Å². The van der Waals surface area contributed by atoms with Crippen LogP contribution in [0.4, 0.5) is 4.79 Å². The summed E-state index contributed by atoms with van der Waals surface area (Å²) < 4.78 is 5.66. The molecule has 2 fully saturated rings. The van der Waals surface area contributed by atoms with Crippen LogP contribution in [0.3, 0.4) is 0 Å². The number of nitrogens with one attached hydrogen (secondary N) is 2. The van der Waals surface area contributed by atoms with Crippen molar-refractivity contribution < 1.29 is 24.2 Å². The summed E-state index contributed by atoms with van der Waals surface area (Å²) in [5.74, 6) is -1.10. The maximum atomic E-state index is 13.0. The van der Waals surface area contributed by atoms with Crippen molar-refractivity contribution in [1.29, 1.82) is 0 Å². The Morgan fingerprint density at radius 2 is 1.63 bits per heavy atom. The molecule has 0 saturated heterocycles. The number of hydrogen-bond donors (Lipinski definition) is 3. The maximum Gasteiger partial charge on any atom is 0.407 e. The van der Waals surface area contributed by atoms with Crippen molar-refractivity contribution in [3.8, 4) is 11.1 Å². The van der Waals surface area contributed by atoms with Crippen LogP contribution in [0, 0.1) is 16.7 Å². The summed E-state index contributed by atoms with van der Waals surface area (Å²) in [5, 5.41) is 15.2. The third-order valence-corrected chi connectivity index (χ3v) is 7.92. The molecule has 184 valence electrons. The molecular weight excluding hydrogens is 444 g/mol. The molecule has 7 heteroatoms. The number of amides is 2. The number of alkyl carbamates (subject to hydrolysis) is 1. The molecule has 0 heterocycles. The van der Waals surface area contributed by atoms with E-state index in [0.717, 1.165) is 17.5 Å². The van der Waals surface area contributed by atoms with Crippen LogP contribution >= 0.6 is 0 Å². The number of aliphatic carboxylic acids is 1. The molecule has 5 rings (SSSR count). The molecule has 0 bridgehead atoms. The summed E-state index contributed by atoms with van der Waals surface area (Å²) in [7, 11) is 0. The van der Waals surface area contributed by atoms with Crippen molar-refractivity contribution in [2.75, 3.05) is 6.61 Å². The average molecular weight is 477 g/mol. The van der Waals surface area contributed by atoms with E-state index in [4.69, 9.17) is 4.74 Å². The van der Waals surface area contributed by atoms with Gasteiger partial charge in [0.2, 0.25) is 5.91 Å². The predicted octanol–water partition coefficient (Wildman–Crippen LogP) is 4.31. The zero-order valence-corrected chi connectivity index (χ0v) is 20.3. The fourth-order valence-corrected chi connectivity index (χ4v) is 6.02. The van der Waals surface area contributed by atoms with Gasteiger partial charge in [-0.25, -0.2) is 9.59 Å². The highest BCUT2D eigenvalue weighted by atomic mass is 16.5. The second kappa shape index (κ2) is 8.40. The molecule has 2 amide bonds. The Morgan fingerprint density at radius 3 is 2.20 bits per heavy atom. The molecule has 0 aliphatic heterocycles. The second-order valence-corrected chi connectivity index (χ2v) is 11.3. The van der Waals surface area contributed by atoms with Gasteiger partial charge in [0.05, 0.1) is 5.41 Å². The lowest BCUT2D eigenvalue weighted by Crippen LogP contribution is -2.51. The Balaban J connectivity index is 1.18. The molecule has 3 N–H and O–H groups in total. The van der Waals surface area contributed by atoms with Gasteiger partial charge in [0, 0.05) is 12.0 Å². The summed E-state index contributed by atoms with van der Waals surface area (Å²) >= 11 is 0. The monoisotopic (exact) mass is 476 g/mol. The summed E-state index contributed by atoms with van der Waals surface area (Å²) in [6.45, 7) is 5.63. The fraction of sp³-hybridized carbons (Fsp3) is 0.464. The van der Waals surface area contributed by atoms with E-state index in [-0.39, 0.29) is 30.4 Å². The standard InChI is InChI=1S/C28H32N2O5/c1-27(2,3)23(24(31)32)30-25(33)28-13-16(28)12-17(14-28)29-26(34)35-15-22-20-10-6-4-8-18(20)19-9-5-7-11-21(19)22/h4-11,16-17,22-23H,12-15H2,1-3H3,(H,29,34)(H,30,33)(H,31,32)/t16-,17+,23+,28+/m0/s1. The number of carbonyl (C=O) groups excluding carboxylic acids is 2. The number of rotatable bonds is 6. The zero-order valence-electron chi connectivity index (χ0n) is 20.3. The van der Waals surface area contributed by atoms with Crippen LogP contribution in [0.15, 0.2) is 48.5 Å². The van der Waals surface area contributed by atoms with E-state index in [1.54, 1.807) is 20.8 Å². The predicted molar refractivity (Wildman–Crippen MR) is 131 cm³/mol. The molecule has 2 aromatic rings. The van der Waals surface area contributed by atoms with Crippen molar-refractivity contribution in [3.05, 3.63) is 59.7 Å². The molecule has 0 radical (unpaired) electrons. The lowest BCUT2D eigenvalue weighted by molar-refractivity contribution is -0.146.